The molecule has 4 nitrogen and oxygen atoms in total. The number of sulfone groups is 1. The Labute approximate surface area is 111 Å². The highest BCUT2D eigenvalue weighted by molar-refractivity contribution is 7.91. The maximum Gasteiger partial charge on any atom is 0.151 e. The van der Waals surface area contributed by atoms with Crippen LogP contribution in [0.2, 0.25) is 0 Å². The Hall–Kier alpha value is -0.130. The van der Waals surface area contributed by atoms with E-state index in [0.717, 1.165) is 19.4 Å². The fraction of sp³-hybridized carbons (Fsp3) is 1.00. The summed E-state index contributed by atoms with van der Waals surface area (Å²) in [5, 5.41) is 12.7. The largest absolute Gasteiger partial charge is 0.396 e. The zero-order valence-corrected chi connectivity index (χ0v) is 12.3. The lowest BCUT2D eigenvalue weighted by Gasteiger charge is -2.35. The van der Waals surface area contributed by atoms with E-state index in [1.54, 1.807) is 0 Å². The highest BCUT2D eigenvalue weighted by Crippen LogP contribution is 2.35. The van der Waals surface area contributed by atoms with Crippen molar-refractivity contribution in [1.82, 2.24) is 5.32 Å². The standard InChI is InChI=1S/C13H27NO3S/c1-2-9-18(16,17)10-8-14-11-13(12-15)6-4-3-5-7-13/h14-15H,2-12H2,1H3. The molecule has 0 bridgehead atoms. The monoisotopic (exact) mass is 277 g/mol. The van der Waals surface area contributed by atoms with Crippen LogP contribution >= 0.6 is 0 Å². The zero-order valence-electron chi connectivity index (χ0n) is 11.5. The predicted molar refractivity (Wildman–Crippen MR) is 74.4 cm³/mol. The highest BCUT2D eigenvalue weighted by atomic mass is 32.2. The summed E-state index contributed by atoms with van der Waals surface area (Å²) in [4.78, 5) is 0. The molecule has 0 aromatic heterocycles. The molecule has 1 saturated carbocycles. The van der Waals surface area contributed by atoms with E-state index in [-0.39, 0.29) is 23.5 Å². The third kappa shape index (κ3) is 5.24. The van der Waals surface area contributed by atoms with Gasteiger partial charge in [0.1, 0.15) is 0 Å². The number of hydrogen-bond donors (Lipinski definition) is 2. The Bertz CT molecular complexity index is 321. The van der Waals surface area contributed by atoms with Crippen LogP contribution in [0, 0.1) is 5.41 Å². The minimum atomic E-state index is -2.89. The number of rotatable bonds is 8. The van der Waals surface area contributed by atoms with Gasteiger partial charge in [-0.2, -0.15) is 0 Å². The zero-order chi connectivity index (χ0) is 13.5. The van der Waals surface area contributed by atoms with E-state index in [2.05, 4.69) is 5.32 Å². The van der Waals surface area contributed by atoms with Gasteiger partial charge in [0.2, 0.25) is 0 Å². The average molecular weight is 277 g/mol. The Morgan fingerprint density at radius 1 is 1.17 bits per heavy atom. The molecule has 1 aliphatic rings. The van der Waals surface area contributed by atoms with E-state index in [1.807, 2.05) is 6.92 Å². The molecule has 0 aromatic carbocycles. The molecule has 0 unspecified atom stereocenters. The quantitative estimate of drug-likeness (QED) is 0.657. The molecule has 5 heteroatoms. The van der Waals surface area contributed by atoms with E-state index in [9.17, 15) is 13.5 Å². The fourth-order valence-electron chi connectivity index (χ4n) is 2.69. The van der Waals surface area contributed by atoms with E-state index in [0.29, 0.717) is 13.0 Å². The van der Waals surface area contributed by atoms with Gasteiger partial charge in [0, 0.05) is 30.9 Å². The van der Waals surface area contributed by atoms with Gasteiger partial charge in [-0.15, -0.1) is 0 Å². The summed E-state index contributed by atoms with van der Waals surface area (Å²) in [6, 6.07) is 0. The lowest BCUT2D eigenvalue weighted by molar-refractivity contribution is 0.0820. The first-order valence-corrected chi connectivity index (χ1v) is 8.88. The molecule has 1 aliphatic carbocycles. The Morgan fingerprint density at radius 3 is 2.39 bits per heavy atom. The molecule has 108 valence electrons. The Balaban J connectivity index is 2.27. The second kappa shape index (κ2) is 7.46. The van der Waals surface area contributed by atoms with Crippen LogP contribution in [0.5, 0.6) is 0 Å². The van der Waals surface area contributed by atoms with Gasteiger partial charge >= 0.3 is 0 Å². The first-order valence-electron chi connectivity index (χ1n) is 7.06. The van der Waals surface area contributed by atoms with E-state index in [4.69, 9.17) is 0 Å². The van der Waals surface area contributed by atoms with Crippen LogP contribution in [0.25, 0.3) is 0 Å². The number of hydrogen-bond acceptors (Lipinski definition) is 4. The summed E-state index contributed by atoms with van der Waals surface area (Å²) in [6.45, 7) is 3.34. The van der Waals surface area contributed by atoms with Gasteiger partial charge in [-0.1, -0.05) is 26.2 Å². The van der Waals surface area contributed by atoms with Crippen molar-refractivity contribution in [2.75, 3.05) is 31.2 Å². The summed E-state index contributed by atoms with van der Waals surface area (Å²) in [5.74, 6) is 0.488. The van der Waals surface area contributed by atoms with E-state index in [1.165, 1.54) is 19.3 Å². The first kappa shape index (κ1) is 15.9. The maximum absolute atomic E-state index is 11.5. The Morgan fingerprint density at radius 2 is 1.83 bits per heavy atom. The summed E-state index contributed by atoms with van der Waals surface area (Å²) >= 11 is 0. The van der Waals surface area contributed by atoms with Gasteiger partial charge in [0.05, 0.1) is 5.75 Å². The van der Waals surface area contributed by atoms with Crippen LogP contribution in [0.15, 0.2) is 0 Å². The summed E-state index contributed by atoms with van der Waals surface area (Å²) in [7, 11) is -2.89. The molecular weight excluding hydrogens is 250 g/mol. The molecule has 1 rings (SSSR count). The highest BCUT2D eigenvalue weighted by Gasteiger charge is 2.30. The number of aliphatic hydroxyl groups is 1. The molecule has 0 atom stereocenters. The molecule has 1 fully saturated rings. The topological polar surface area (TPSA) is 66.4 Å². The van der Waals surface area contributed by atoms with Crippen LogP contribution in [-0.4, -0.2) is 44.7 Å². The van der Waals surface area contributed by atoms with E-state index < -0.39 is 9.84 Å². The normalized spacial score (nSPS) is 19.9. The number of aliphatic hydroxyl groups excluding tert-OH is 1. The van der Waals surface area contributed by atoms with Crippen LogP contribution in [0.1, 0.15) is 45.4 Å². The van der Waals surface area contributed by atoms with Crippen LogP contribution < -0.4 is 5.32 Å². The molecule has 0 aliphatic heterocycles. The predicted octanol–water partition coefficient (Wildman–Crippen LogP) is 1.34. The van der Waals surface area contributed by atoms with Crippen molar-refractivity contribution in [1.29, 1.82) is 0 Å². The third-order valence-corrected chi connectivity index (χ3v) is 5.71. The van der Waals surface area contributed by atoms with Crippen LogP contribution in [0.4, 0.5) is 0 Å². The van der Waals surface area contributed by atoms with Crippen molar-refractivity contribution in [3.8, 4) is 0 Å². The van der Waals surface area contributed by atoms with Crippen LogP contribution in [-0.2, 0) is 9.84 Å². The molecule has 0 amide bonds. The van der Waals surface area contributed by atoms with Gasteiger partial charge in [0.15, 0.2) is 9.84 Å². The molecule has 0 radical (unpaired) electrons. The molecular formula is C13H27NO3S. The summed E-state index contributed by atoms with van der Waals surface area (Å²) < 4.78 is 23.1. The maximum atomic E-state index is 11.5. The smallest absolute Gasteiger partial charge is 0.151 e. The third-order valence-electron chi connectivity index (χ3n) is 3.85. The van der Waals surface area contributed by atoms with Crippen molar-refractivity contribution in [3.05, 3.63) is 0 Å². The second-order valence-electron chi connectivity index (χ2n) is 5.55. The molecule has 0 saturated heterocycles. The van der Waals surface area contributed by atoms with Crippen molar-refractivity contribution < 1.29 is 13.5 Å². The lowest BCUT2D eigenvalue weighted by atomic mass is 9.74. The SMILES string of the molecule is CCCS(=O)(=O)CCNCC1(CO)CCCCC1. The summed E-state index contributed by atoms with van der Waals surface area (Å²) in [5.41, 5.74) is -0.00717. The molecule has 18 heavy (non-hydrogen) atoms. The van der Waals surface area contributed by atoms with E-state index >= 15 is 0 Å². The average Bonchev–Trinajstić information content (AvgIpc) is 2.36. The number of nitrogens with one attached hydrogen (secondary N) is 1. The van der Waals surface area contributed by atoms with Gasteiger partial charge in [0.25, 0.3) is 0 Å². The minimum absolute atomic E-state index is 0.00717. The molecule has 0 spiro atoms. The lowest BCUT2D eigenvalue weighted by Crippen LogP contribution is -2.40. The molecule has 2 N–H and O–H groups in total. The van der Waals surface area contributed by atoms with Crippen LogP contribution in [0.3, 0.4) is 0 Å². The van der Waals surface area contributed by atoms with Gasteiger partial charge < -0.3 is 10.4 Å². The minimum Gasteiger partial charge on any atom is -0.396 e. The van der Waals surface area contributed by atoms with Gasteiger partial charge in [-0.25, -0.2) is 8.42 Å². The molecule has 0 heterocycles. The van der Waals surface area contributed by atoms with Crippen molar-refractivity contribution in [2.45, 2.75) is 45.4 Å². The van der Waals surface area contributed by atoms with Crippen molar-refractivity contribution >= 4 is 9.84 Å². The first-order chi connectivity index (χ1) is 8.54. The van der Waals surface area contributed by atoms with Crippen molar-refractivity contribution in [3.63, 3.8) is 0 Å². The second-order valence-corrected chi connectivity index (χ2v) is 7.85. The van der Waals surface area contributed by atoms with Gasteiger partial charge in [-0.3, -0.25) is 0 Å². The Kier molecular flexibility index (Phi) is 6.60. The van der Waals surface area contributed by atoms with Crippen molar-refractivity contribution in [2.24, 2.45) is 5.41 Å². The molecule has 0 aromatic rings. The summed E-state index contributed by atoms with van der Waals surface area (Å²) in [6.07, 6.45) is 6.40. The van der Waals surface area contributed by atoms with Gasteiger partial charge in [-0.05, 0) is 19.3 Å². The fourth-order valence-corrected chi connectivity index (χ4v) is 3.97.